The van der Waals surface area contributed by atoms with Gasteiger partial charge >= 0.3 is 6.18 Å². The summed E-state index contributed by atoms with van der Waals surface area (Å²) in [6, 6.07) is 30.1. The number of aliphatic hydroxyl groups excluding tert-OH is 1. The highest BCUT2D eigenvalue weighted by molar-refractivity contribution is 6.00. The second-order valence-electron chi connectivity index (χ2n) is 11.3. The molecule has 0 aliphatic carbocycles. The first-order valence-corrected chi connectivity index (χ1v) is 15.0. The number of rotatable bonds is 11. The Morgan fingerprint density at radius 2 is 1.51 bits per heavy atom. The van der Waals surface area contributed by atoms with Crippen LogP contribution in [0.1, 0.15) is 61.9 Å². The Balaban J connectivity index is 1.27. The van der Waals surface area contributed by atoms with Gasteiger partial charge in [-0.15, -0.1) is 0 Å². The fraction of sp³-hybridized carbons (Fsp3) is 0.278. The van der Waals surface area contributed by atoms with Gasteiger partial charge < -0.3 is 20.6 Å². The van der Waals surface area contributed by atoms with E-state index in [0.717, 1.165) is 36.1 Å². The highest BCUT2D eigenvalue weighted by Crippen LogP contribution is 2.33. The Bertz CT molecular complexity index is 1580. The summed E-state index contributed by atoms with van der Waals surface area (Å²) in [5.74, 6) is -0.584. The minimum Gasteiger partial charge on any atom is -0.390 e. The van der Waals surface area contributed by atoms with Crippen molar-refractivity contribution in [3.63, 3.8) is 0 Å². The largest absolute Gasteiger partial charge is 0.416 e. The number of halogens is 3. The molecule has 1 fully saturated rings. The Morgan fingerprint density at radius 3 is 2.24 bits per heavy atom. The molecule has 0 radical (unpaired) electrons. The molecule has 0 saturated carbocycles. The number of alkyl halides is 3. The summed E-state index contributed by atoms with van der Waals surface area (Å²) in [5, 5.41) is 17.1. The van der Waals surface area contributed by atoms with Crippen LogP contribution in [0.4, 0.5) is 13.2 Å². The molecule has 0 spiro atoms. The number of carbonyl (C=O) groups is 2. The lowest BCUT2D eigenvalue weighted by molar-refractivity contribution is -0.137. The van der Waals surface area contributed by atoms with Crippen molar-refractivity contribution in [2.45, 2.75) is 50.2 Å². The van der Waals surface area contributed by atoms with Crippen molar-refractivity contribution in [2.24, 2.45) is 0 Å². The van der Waals surface area contributed by atoms with Crippen LogP contribution in [-0.4, -0.2) is 47.1 Å². The average Bonchev–Trinajstić information content (AvgIpc) is 3.55. The van der Waals surface area contributed by atoms with E-state index in [2.05, 4.69) is 10.6 Å². The van der Waals surface area contributed by atoms with E-state index in [0.29, 0.717) is 29.7 Å². The van der Waals surface area contributed by atoms with E-state index in [-0.39, 0.29) is 25.0 Å². The van der Waals surface area contributed by atoms with Crippen LogP contribution in [-0.2, 0) is 19.1 Å². The normalized spacial score (nSPS) is 16.3. The van der Waals surface area contributed by atoms with E-state index in [9.17, 15) is 27.9 Å². The average molecular weight is 616 g/mol. The summed E-state index contributed by atoms with van der Waals surface area (Å²) >= 11 is 0. The van der Waals surface area contributed by atoms with E-state index < -0.39 is 29.8 Å². The zero-order valence-corrected chi connectivity index (χ0v) is 24.7. The molecule has 6 nitrogen and oxygen atoms in total. The van der Waals surface area contributed by atoms with Gasteiger partial charge in [-0.3, -0.25) is 9.59 Å². The molecule has 0 aromatic heterocycles. The maximum absolute atomic E-state index is 13.6. The zero-order chi connectivity index (χ0) is 31.8. The van der Waals surface area contributed by atoms with Crippen LogP contribution in [0.25, 0.3) is 0 Å². The van der Waals surface area contributed by atoms with Crippen LogP contribution < -0.4 is 10.6 Å². The maximum Gasteiger partial charge on any atom is 0.416 e. The fourth-order valence-electron chi connectivity index (χ4n) is 5.76. The summed E-state index contributed by atoms with van der Waals surface area (Å²) in [7, 11) is 0. The molecule has 5 rings (SSSR count). The van der Waals surface area contributed by atoms with Crippen LogP contribution in [0, 0.1) is 0 Å². The number of benzene rings is 4. The molecular weight excluding hydrogens is 579 g/mol. The third kappa shape index (κ3) is 8.38. The van der Waals surface area contributed by atoms with Gasteiger partial charge in [-0.1, -0.05) is 84.9 Å². The molecule has 0 bridgehead atoms. The van der Waals surface area contributed by atoms with Gasteiger partial charge in [-0.2, -0.15) is 13.2 Å². The smallest absolute Gasteiger partial charge is 0.390 e. The molecule has 1 saturated heterocycles. The second-order valence-corrected chi connectivity index (χ2v) is 11.3. The molecule has 2 amide bonds. The van der Waals surface area contributed by atoms with Crippen LogP contribution in [0.2, 0.25) is 0 Å². The number of carbonyl (C=O) groups excluding carboxylic acids is 2. The standard InChI is InChI=1S/C36H36F3N3O3/c37-36(38,39)30-17-7-12-26(20-30)23-40-24-33(43)31(21-25-10-3-1-4-11-25)41-34(44)28-15-8-16-29(22-28)35(45)42-19-9-18-32(42)27-13-5-2-6-14-27/h1-8,10-17,20,22,31-33,40,43H,9,18-19,21,23-24H2,(H,41,44)/t31-,32?,33-/m1/s1. The first kappa shape index (κ1) is 31.9. The SMILES string of the molecule is O=C(N[C@H](Cc1ccccc1)[C@H](O)CNCc1cccc(C(F)(F)F)c1)c1cccc(C(=O)N2CCCC2c2ccccc2)c1. The van der Waals surface area contributed by atoms with Gasteiger partial charge in [0, 0.05) is 30.8 Å². The minimum absolute atomic E-state index is 0.0231. The van der Waals surface area contributed by atoms with Crippen molar-refractivity contribution >= 4 is 11.8 Å². The molecule has 1 heterocycles. The Kier molecular flexibility index (Phi) is 10.3. The third-order valence-corrected chi connectivity index (χ3v) is 8.09. The van der Waals surface area contributed by atoms with Gasteiger partial charge in [0.25, 0.3) is 11.8 Å². The molecule has 9 heteroatoms. The lowest BCUT2D eigenvalue weighted by atomic mass is 10.00. The molecule has 3 N–H and O–H groups in total. The van der Waals surface area contributed by atoms with Crippen molar-refractivity contribution in [2.75, 3.05) is 13.1 Å². The van der Waals surface area contributed by atoms with Gasteiger partial charge in [0.1, 0.15) is 0 Å². The first-order chi connectivity index (χ1) is 21.7. The lowest BCUT2D eigenvalue weighted by Gasteiger charge is -2.26. The monoisotopic (exact) mass is 615 g/mol. The summed E-state index contributed by atoms with van der Waals surface area (Å²) < 4.78 is 39.3. The summed E-state index contributed by atoms with van der Waals surface area (Å²) in [6.45, 7) is 0.771. The van der Waals surface area contributed by atoms with Gasteiger partial charge in [0.2, 0.25) is 0 Å². The number of hydrogen-bond donors (Lipinski definition) is 3. The maximum atomic E-state index is 13.6. The highest BCUT2D eigenvalue weighted by Gasteiger charge is 2.32. The number of hydrogen-bond acceptors (Lipinski definition) is 4. The van der Waals surface area contributed by atoms with Crippen LogP contribution in [0.3, 0.4) is 0 Å². The van der Waals surface area contributed by atoms with Crippen LogP contribution >= 0.6 is 0 Å². The fourth-order valence-corrected chi connectivity index (χ4v) is 5.76. The van der Waals surface area contributed by atoms with Gasteiger partial charge in [-0.05, 0) is 60.2 Å². The predicted octanol–water partition coefficient (Wildman–Crippen LogP) is 6.17. The van der Waals surface area contributed by atoms with Crippen molar-refractivity contribution in [3.05, 3.63) is 143 Å². The molecule has 234 valence electrons. The highest BCUT2D eigenvalue weighted by atomic mass is 19.4. The first-order valence-electron chi connectivity index (χ1n) is 15.0. The summed E-state index contributed by atoms with van der Waals surface area (Å²) in [4.78, 5) is 28.9. The molecular formula is C36H36F3N3O3. The Hall–Kier alpha value is -4.47. The number of nitrogens with zero attached hydrogens (tertiary/aromatic N) is 1. The molecule has 1 aliphatic rings. The van der Waals surface area contributed by atoms with Gasteiger partial charge in [0.15, 0.2) is 0 Å². The molecule has 4 aromatic rings. The molecule has 45 heavy (non-hydrogen) atoms. The topological polar surface area (TPSA) is 81.7 Å². The predicted molar refractivity (Wildman–Crippen MR) is 166 cm³/mol. The molecule has 4 aromatic carbocycles. The van der Waals surface area contributed by atoms with E-state index in [4.69, 9.17) is 0 Å². The van der Waals surface area contributed by atoms with E-state index >= 15 is 0 Å². The van der Waals surface area contributed by atoms with Crippen LogP contribution in [0.5, 0.6) is 0 Å². The lowest BCUT2D eigenvalue weighted by Crippen LogP contribution is -2.48. The van der Waals surface area contributed by atoms with Crippen molar-refractivity contribution in [1.29, 1.82) is 0 Å². The molecule has 1 aliphatic heterocycles. The number of likely N-dealkylation sites (tertiary alicyclic amines) is 1. The number of nitrogens with one attached hydrogen (secondary N) is 2. The third-order valence-electron chi connectivity index (χ3n) is 8.09. The van der Waals surface area contributed by atoms with Crippen molar-refractivity contribution in [3.8, 4) is 0 Å². The summed E-state index contributed by atoms with van der Waals surface area (Å²) in [5.41, 5.74) is 2.36. The Morgan fingerprint density at radius 1 is 0.844 bits per heavy atom. The Labute approximate surface area is 260 Å². The number of aliphatic hydroxyl groups is 1. The summed E-state index contributed by atoms with van der Waals surface area (Å²) in [6.07, 6.45) is -3.41. The van der Waals surface area contributed by atoms with Gasteiger partial charge in [0.05, 0.1) is 23.8 Å². The molecule has 3 atom stereocenters. The van der Waals surface area contributed by atoms with E-state index in [1.54, 1.807) is 30.3 Å². The molecule has 1 unspecified atom stereocenters. The zero-order valence-electron chi connectivity index (χ0n) is 24.7. The quantitative estimate of drug-likeness (QED) is 0.188. The van der Waals surface area contributed by atoms with E-state index in [1.165, 1.54) is 6.07 Å². The van der Waals surface area contributed by atoms with Gasteiger partial charge in [-0.25, -0.2) is 0 Å². The second kappa shape index (κ2) is 14.5. The van der Waals surface area contributed by atoms with Crippen molar-refractivity contribution < 1.29 is 27.9 Å². The van der Waals surface area contributed by atoms with E-state index in [1.807, 2.05) is 65.6 Å². The number of amides is 2. The van der Waals surface area contributed by atoms with Crippen molar-refractivity contribution in [1.82, 2.24) is 15.5 Å². The van der Waals surface area contributed by atoms with Crippen LogP contribution in [0.15, 0.2) is 109 Å². The minimum atomic E-state index is -4.44.